The first-order valence-electron chi connectivity index (χ1n) is 5.84. The zero-order valence-corrected chi connectivity index (χ0v) is 11.2. The molecule has 21 heavy (non-hydrogen) atoms. The zero-order valence-electron chi connectivity index (χ0n) is 11.2. The van der Waals surface area contributed by atoms with Gasteiger partial charge in [-0.05, 0) is 6.42 Å². The Labute approximate surface area is 117 Å². The molecule has 0 bridgehead atoms. The van der Waals surface area contributed by atoms with Crippen molar-refractivity contribution in [1.29, 1.82) is 0 Å². The second-order valence-electron chi connectivity index (χ2n) is 4.30. The van der Waals surface area contributed by atoms with E-state index in [0.29, 0.717) is 18.6 Å². The van der Waals surface area contributed by atoms with Gasteiger partial charge in [0.15, 0.2) is 5.69 Å². The first kappa shape index (κ1) is 16.7. The first-order valence-corrected chi connectivity index (χ1v) is 5.84. The maximum Gasteiger partial charge on any atom is 0.416 e. The van der Waals surface area contributed by atoms with E-state index in [1.54, 1.807) is 6.92 Å². The van der Waals surface area contributed by atoms with Gasteiger partial charge in [-0.25, -0.2) is 0 Å². The van der Waals surface area contributed by atoms with Gasteiger partial charge < -0.3 is 4.90 Å². The molecule has 7 nitrogen and oxygen atoms in total. The molecule has 0 aromatic heterocycles. The highest BCUT2D eigenvalue weighted by Crippen LogP contribution is 2.42. The van der Waals surface area contributed by atoms with Crippen molar-refractivity contribution in [3.05, 3.63) is 37.9 Å². The minimum Gasteiger partial charge on any atom is -0.363 e. The molecule has 1 rings (SSSR count). The number of anilines is 1. The molecule has 0 aliphatic rings. The van der Waals surface area contributed by atoms with E-state index in [4.69, 9.17) is 0 Å². The van der Waals surface area contributed by atoms with Crippen LogP contribution in [0.1, 0.15) is 18.9 Å². The summed E-state index contributed by atoms with van der Waals surface area (Å²) >= 11 is 0. The topological polar surface area (TPSA) is 89.5 Å². The fourth-order valence-electron chi connectivity index (χ4n) is 1.88. The van der Waals surface area contributed by atoms with Gasteiger partial charge in [0.25, 0.3) is 11.4 Å². The fraction of sp³-hybridized carbons (Fsp3) is 0.455. The van der Waals surface area contributed by atoms with E-state index in [2.05, 4.69) is 0 Å². The van der Waals surface area contributed by atoms with E-state index >= 15 is 0 Å². The highest BCUT2D eigenvalue weighted by Gasteiger charge is 2.38. The maximum atomic E-state index is 12.7. The third-order valence-corrected chi connectivity index (χ3v) is 2.73. The Morgan fingerprint density at radius 3 is 1.86 bits per heavy atom. The van der Waals surface area contributed by atoms with Gasteiger partial charge in [0.2, 0.25) is 0 Å². The average Bonchev–Trinajstić information content (AvgIpc) is 2.36. The first-order chi connectivity index (χ1) is 9.59. The second kappa shape index (κ2) is 5.94. The van der Waals surface area contributed by atoms with Crippen LogP contribution in [0.5, 0.6) is 0 Å². The number of halogens is 3. The van der Waals surface area contributed by atoms with Crippen LogP contribution in [0.3, 0.4) is 0 Å². The second-order valence-corrected chi connectivity index (χ2v) is 4.30. The number of benzene rings is 1. The lowest BCUT2D eigenvalue weighted by Gasteiger charge is -2.19. The lowest BCUT2D eigenvalue weighted by Crippen LogP contribution is -2.21. The van der Waals surface area contributed by atoms with Crippen molar-refractivity contribution < 1.29 is 23.0 Å². The molecular weight excluding hydrogens is 295 g/mol. The molecule has 0 fully saturated rings. The Morgan fingerprint density at radius 2 is 1.57 bits per heavy atom. The normalized spacial score (nSPS) is 11.3. The van der Waals surface area contributed by atoms with Crippen molar-refractivity contribution in [2.75, 3.05) is 18.5 Å². The molecule has 0 amide bonds. The van der Waals surface area contributed by atoms with Crippen LogP contribution in [0.2, 0.25) is 0 Å². The minimum atomic E-state index is -4.91. The van der Waals surface area contributed by atoms with Crippen molar-refractivity contribution in [3.8, 4) is 0 Å². The van der Waals surface area contributed by atoms with Crippen LogP contribution in [0.15, 0.2) is 12.1 Å². The molecule has 0 aliphatic carbocycles. The predicted molar refractivity (Wildman–Crippen MR) is 68.3 cm³/mol. The third-order valence-electron chi connectivity index (χ3n) is 2.73. The number of nitrogens with zero attached hydrogens (tertiary/aromatic N) is 3. The summed E-state index contributed by atoms with van der Waals surface area (Å²) in [5.74, 6) is 0. The Hall–Kier alpha value is -2.39. The van der Waals surface area contributed by atoms with Crippen LogP contribution in [0.4, 0.5) is 30.2 Å². The quantitative estimate of drug-likeness (QED) is 0.614. The molecule has 1 aromatic rings. The molecule has 0 unspecified atom stereocenters. The van der Waals surface area contributed by atoms with Gasteiger partial charge in [-0.1, -0.05) is 6.92 Å². The van der Waals surface area contributed by atoms with Crippen molar-refractivity contribution in [1.82, 2.24) is 0 Å². The number of hydrogen-bond donors (Lipinski definition) is 0. The van der Waals surface area contributed by atoms with Crippen molar-refractivity contribution >= 4 is 17.1 Å². The lowest BCUT2D eigenvalue weighted by molar-refractivity contribution is -0.393. The Morgan fingerprint density at radius 1 is 1.14 bits per heavy atom. The highest BCUT2D eigenvalue weighted by molar-refractivity contribution is 5.76. The summed E-state index contributed by atoms with van der Waals surface area (Å²) in [6, 6.07) is 0.628. The summed E-state index contributed by atoms with van der Waals surface area (Å²) in [5.41, 5.74) is -3.73. The standard InChI is InChI=1S/C11H12F3N3O4/c1-3-4-15(2)10-8(16(18)19)5-7(11(12,13)14)6-9(10)17(20)21/h5-6H,3-4H2,1-2H3. The summed E-state index contributed by atoms with van der Waals surface area (Å²) in [5, 5.41) is 21.9. The number of alkyl halides is 3. The molecule has 1 aromatic carbocycles. The summed E-state index contributed by atoms with van der Waals surface area (Å²) < 4.78 is 38.1. The van der Waals surface area contributed by atoms with Crippen molar-refractivity contribution in [2.24, 2.45) is 0 Å². The van der Waals surface area contributed by atoms with Crippen LogP contribution in [-0.2, 0) is 6.18 Å². The molecule has 116 valence electrons. The molecule has 10 heteroatoms. The third kappa shape index (κ3) is 3.58. The lowest BCUT2D eigenvalue weighted by atomic mass is 10.1. The molecule has 0 spiro atoms. The molecule has 0 N–H and O–H groups in total. The number of hydrogen-bond acceptors (Lipinski definition) is 5. The van der Waals surface area contributed by atoms with Gasteiger partial charge in [0.1, 0.15) is 0 Å². The van der Waals surface area contributed by atoms with Gasteiger partial charge in [0.05, 0.1) is 15.4 Å². The highest BCUT2D eigenvalue weighted by atomic mass is 19.4. The van der Waals surface area contributed by atoms with Crippen LogP contribution in [-0.4, -0.2) is 23.4 Å². The maximum absolute atomic E-state index is 12.7. The van der Waals surface area contributed by atoms with Crippen molar-refractivity contribution in [3.63, 3.8) is 0 Å². The number of nitro benzene ring substituents is 2. The average molecular weight is 307 g/mol. The summed E-state index contributed by atoms with van der Waals surface area (Å²) in [7, 11) is 1.35. The van der Waals surface area contributed by atoms with Crippen molar-refractivity contribution in [2.45, 2.75) is 19.5 Å². The van der Waals surface area contributed by atoms with E-state index in [1.807, 2.05) is 0 Å². The molecule has 0 saturated carbocycles. The van der Waals surface area contributed by atoms with Gasteiger partial charge in [-0.15, -0.1) is 0 Å². The monoisotopic (exact) mass is 307 g/mol. The van der Waals surface area contributed by atoms with E-state index in [0.717, 1.165) is 0 Å². The predicted octanol–water partition coefficient (Wildman–Crippen LogP) is 3.37. The fourth-order valence-corrected chi connectivity index (χ4v) is 1.88. The Kier molecular flexibility index (Phi) is 4.71. The van der Waals surface area contributed by atoms with Crippen LogP contribution in [0.25, 0.3) is 0 Å². The Balaban J connectivity index is 3.67. The number of rotatable bonds is 5. The number of nitro groups is 2. The molecule has 0 aliphatic heterocycles. The molecule has 0 saturated heterocycles. The summed E-state index contributed by atoms with van der Waals surface area (Å²) in [6.45, 7) is 1.96. The van der Waals surface area contributed by atoms with Gasteiger partial charge in [-0.3, -0.25) is 20.2 Å². The van der Waals surface area contributed by atoms with E-state index < -0.39 is 38.6 Å². The van der Waals surface area contributed by atoms with Crippen LogP contribution in [0, 0.1) is 20.2 Å². The van der Waals surface area contributed by atoms with E-state index in [9.17, 15) is 33.4 Å². The largest absolute Gasteiger partial charge is 0.416 e. The van der Waals surface area contributed by atoms with Crippen LogP contribution < -0.4 is 4.90 Å². The molecule has 0 atom stereocenters. The van der Waals surface area contributed by atoms with Gasteiger partial charge in [0, 0.05) is 25.7 Å². The van der Waals surface area contributed by atoms with E-state index in [-0.39, 0.29) is 6.54 Å². The molecule has 0 heterocycles. The summed E-state index contributed by atoms with van der Waals surface area (Å²) in [4.78, 5) is 21.0. The smallest absolute Gasteiger partial charge is 0.363 e. The van der Waals surface area contributed by atoms with E-state index in [1.165, 1.54) is 11.9 Å². The van der Waals surface area contributed by atoms with Crippen LogP contribution >= 0.6 is 0 Å². The van der Waals surface area contributed by atoms with Gasteiger partial charge >= 0.3 is 6.18 Å². The summed E-state index contributed by atoms with van der Waals surface area (Å²) in [6.07, 6.45) is -4.39. The SMILES string of the molecule is CCCN(C)c1c([N+](=O)[O-])cc(C(F)(F)F)cc1[N+](=O)[O-]. The zero-order chi connectivity index (χ0) is 16.4. The minimum absolute atomic E-state index is 0.229. The molecular formula is C11H12F3N3O4. The van der Waals surface area contributed by atoms with Gasteiger partial charge in [-0.2, -0.15) is 13.2 Å². The Bertz CT molecular complexity index is 539. The molecule has 0 radical (unpaired) electrons.